The van der Waals surface area contributed by atoms with E-state index >= 15 is 0 Å². The SMILES string of the molecule is C[C@H]1Oc2ccccc2O[C@H]1C(=O)OCC(=O)c1ccc(O)cc1O. The Kier molecular flexibility index (Phi) is 4.47. The van der Waals surface area contributed by atoms with Crippen LogP contribution in [0.25, 0.3) is 0 Å². The quantitative estimate of drug-likeness (QED) is 0.646. The van der Waals surface area contributed by atoms with Gasteiger partial charge in [0.1, 0.15) is 17.6 Å². The molecular weight excluding hydrogens is 328 g/mol. The number of rotatable bonds is 4. The summed E-state index contributed by atoms with van der Waals surface area (Å²) < 4.78 is 16.2. The number of hydrogen-bond donors (Lipinski definition) is 2. The average Bonchev–Trinajstić information content (AvgIpc) is 2.58. The summed E-state index contributed by atoms with van der Waals surface area (Å²) >= 11 is 0. The van der Waals surface area contributed by atoms with Crippen LogP contribution in [0.1, 0.15) is 17.3 Å². The van der Waals surface area contributed by atoms with Gasteiger partial charge in [0.2, 0.25) is 11.9 Å². The third-order valence-electron chi connectivity index (χ3n) is 3.70. The summed E-state index contributed by atoms with van der Waals surface area (Å²) in [5, 5.41) is 18.9. The van der Waals surface area contributed by atoms with Gasteiger partial charge in [0.25, 0.3) is 0 Å². The molecule has 0 spiro atoms. The lowest BCUT2D eigenvalue weighted by Gasteiger charge is -2.30. The topological polar surface area (TPSA) is 102 Å². The van der Waals surface area contributed by atoms with Crippen molar-refractivity contribution < 1.29 is 34.0 Å². The van der Waals surface area contributed by atoms with Gasteiger partial charge in [-0.1, -0.05) is 12.1 Å². The summed E-state index contributed by atoms with van der Waals surface area (Å²) in [5.74, 6) is -0.953. The van der Waals surface area contributed by atoms with E-state index in [1.54, 1.807) is 31.2 Å². The van der Waals surface area contributed by atoms with Gasteiger partial charge in [-0.25, -0.2) is 4.79 Å². The highest BCUT2D eigenvalue weighted by Crippen LogP contribution is 2.33. The van der Waals surface area contributed by atoms with E-state index in [4.69, 9.17) is 14.2 Å². The molecule has 2 atom stereocenters. The molecule has 1 aliphatic rings. The Labute approximate surface area is 143 Å². The molecule has 0 fully saturated rings. The van der Waals surface area contributed by atoms with Gasteiger partial charge in [-0.3, -0.25) is 4.79 Å². The zero-order chi connectivity index (χ0) is 18.0. The fourth-order valence-corrected chi connectivity index (χ4v) is 2.43. The summed E-state index contributed by atoms with van der Waals surface area (Å²) in [6, 6.07) is 10.5. The van der Waals surface area contributed by atoms with Crippen LogP contribution >= 0.6 is 0 Å². The molecule has 1 aliphatic heterocycles. The molecule has 0 saturated carbocycles. The lowest BCUT2D eigenvalue weighted by atomic mass is 10.1. The number of carbonyl (C=O) groups is 2. The molecule has 0 aromatic heterocycles. The monoisotopic (exact) mass is 344 g/mol. The lowest BCUT2D eigenvalue weighted by molar-refractivity contribution is -0.156. The highest BCUT2D eigenvalue weighted by atomic mass is 16.6. The van der Waals surface area contributed by atoms with Crippen LogP contribution in [0.3, 0.4) is 0 Å². The van der Waals surface area contributed by atoms with Gasteiger partial charge in [-0.2, -0.15) is 0 Å². The number of benzene rings is 2. The molecule has 3 rings (SSSR count). The summed E-state index contributed by atoms with van der Waals surface area (Å²) in [5.41, 5.74) is -0.0511. The molecule has 130 valence electrons. The Bertz CT molecular complexity index is 815. The van der Waals surface area contributed by atoms with Crippen molar-refractivity contribution in [3.8, 4) is 23.0 Å². The molecule has 2 N–H and O–H groups in total. The highest BCUT2D eigenvalue weighted by molar-refractivity contribution is 6.00. The highest BCUT2D eigenvalue weighted by Gasteiger charge is 2.35. The third kappa shape index (κ3) is 3.50. The van der Waals surface area contributed by atoms with E-state index in [9.17, 15) is 19.8 Å². The second kappa shape index (κ2) is 6.72. The largest absolute Gasteiger partial charge is 0.508 e. The van der Waals surface area contributed by atoms with E-state index in [0.29, 0.717) is 11.5 Å². The van der Waals surface area contributed by atoms with Crippen LogP contribution in [0.2, 0.25) is 0 Å². The van der Waals surface area contributed by atoms with Crippen molar-refractivity contribution in [1.29, 1.82) is 0 Å². The molecule has 7 heteroatoms. The molecule has 25 heavy (non-hydrogen) atoms. The Balaban J connectivity index is 1.64. The first-order valence-corrected chi connectivity index (χ1v) is 7.60. The Morgan fingerprint density at radius 2 is 1.76 bits per heavy atom. The van der Waals surface area contributed by atoms with E-state index < -0.39 is 30.6 Å². The summed E-state index contributed by atoms with van der Waals surface area (Å²) in [6.07, 6.45) is -1.59. The third-order valence-corrected chi connectivity index (χ3v) is 3.70. The van der Waals surface area contributed by atoms with Gasteiger partial charge in [0.05, 0.1) is 5.56 Å². The first-order chi connectivity index (χ1) is 12.0. The van der Waals surface area contributed by atoms with Gasteiger partial charge in [-0.05, 0) is 31.2 Å². The number of aromatic hydroxyl groups is 2. The number of hydrogen-bond acceptors (Lipinski definition) is 7. The minimum Gasteiger partial charge on any atom is -0.508 e. The number of fused-ring (bicyclic) bond motifs is 1. The Hall–Kier alpha value is -3.22. The summed E-state index contributed by atoms with van der Waals surface area (Å²) in [4.78, 5) is 24.3. The number of phenolic OH excluding ortho intramolecular Hbond substituents is 2. The van der Waals surface area contributed by atoms with Gasteiger partial charge in [0.15, 0.2) is 18.1 Å². The minimum absolute atomic E-state index is 0.0511. The standard InChI is InChI=1S/C18H16O7/c1-10-17(25-16-5-3-2-4-15(16)24-10)18(22)23-9-14(21)12-7-6-11(19)8-13(12)20/h2-8,10,17,19-20H,9H2,1H3/t10-,17-/m1/s1. The number of Topliss-reactive ketones (excluding diaryl/α,β-unsaturated/α-hetero) is 1. The van der Waals surface area contributed by atoms with E-state index in [-0.39, 0.29) is 17.1 Å². The zero-order valence-corrected chi connectivity index (χ0v) is 13.3. The number of esters is 1. The van der Waals surface area contributed by atoms with Crippen LogP contribution in [0.15, 0.2) is 42.5 Å². The summed E-state index contributed by atoms with van der Waals surface area (Å²) in [6.45, 7) is 1.10. The molecule has 1 heterocycles. The van der Waals surface area contributed by atoms with Gasteiger partial charge in [0, 0.05) is 6.07 Å². The maximum absolute atomic E-state index is 12.2. The van der Waals surface area contributed by atoms with Gasteiger partial charge in [-0.15, -0.1) is 0 Å². The van der Waals surface area contributed by atoms with E-state index in [1.165, 1.54) is 12.1 Å². The van der Waals surface area contributed by atoms with Crippen molar-refractivity contribution >= 4 is 11.8 Å². The second-order valence-corrected chi connectivity index (χ2v) is 5.54. The number of para-hydroxylation sites is 2. The lowest BCUT2D eigenvalue weighted by Crippen LogP contribution is -2.44. The first kappa shape index (κ1) is 16.6. The van der Waals surface area contributed by atoms with E-state index in [1.807, 2.05) is 0 Å². The van der Waals surface area contributed by atoms with Crippen molar-refractivity contribution in [2.24, 2.45) is 0 Å². The maximum Gasteiger partial charge on any atom is 0.351 e. The Morgan fingerprint density at radius 3 is 2.44 bits per heavy atom. The van der Waals surface area contributed by atoms with E-state index in [2.05, 4.69) is 0 Å². The molecule has 0 saturated heterocycles. The number of ether oxygens (including phenoxy) is 3. The molecule has 0 radical (unpaired) electrons. The fourth-order valence-electron chi connectivity index (χ4n) is 2.43. The van der Waals surface area contributed by atoms with Crippen molar-refractivity contribution in [3.05, 3.63) is 48.0 Å². The average molecular weight is 344 g/mol. The molecule has 0 unspecified atom stereocenters. The smallest absolute Gasteiger partial charge is 0.351 e. The molecule has 2 aromatic carbocycles. The van der Waals surface area contributed by atoms with Crippen LogP contribution in [0, 0.1) is 0 Å². The molecule has 0 amide bonds. The maximum atomic E-state index is 12.2. The molecule has 0 bridgehead atoms. The number of phenols is 2. The van der Waals surface area contributed by atoms with Crippen molar-refractivity contribution in [2.45, 2.75) is 19.1 Å². The van der Waals surface area contributed by atoms with Crippen molar-refractivity contribution in [1.82, 2.24) is 0 Å². The van der Waals surface area contributed by atoms with Crippen LogP contribution in [0.5, 0.6) is 23.0 Å². The zero-order valence-electron chi connectivity index (χ0n) is 13.3. The molecule has 0 aliphatic carbocycles. The normalized spacial score (nSPS) is 18.4. The number of ketones is 1. The first-order valence-electron chi connectivity index (χ1n) is 7.60. The van der Waals surface area contributed by atoms with Crippen LogP contribution in [-0.4, -0.2) is 40.8 Å². The number of carbonyl (C=O) groups excluding carboxylic acids is 2. The predicted octanol–water partition coefficient (Wildman–Crippen LogP) is 2.05. The van der Waals surface area contributed by atoms with E-state index in [0.717, 1.165) is 6.07 Å². The van der Waals surface area contributed by atoms with Gasteiger partial charge >= 0.3 is 5.97 Å². The van der Waals surface area contributed by atoms with Crippen LogP contribution < -0.4 is 9.47 Å². The minimum atomic E-state index is -1.00. The summed E-state index contributed by atoms with van der Waals surface area (Å²) in [7, 11) is 0. The van der Waals surface area contributed by atoms with Crippen molar-refractivity contribution in [3.63, 3.8) is 0 Å². The van der Waals surface area contributed by atoms with Crippen LogP contribution in [0.4, 0.5) is 0 Å². The van der Waals surface area contributed by atoms with Crippen LogP contribution in [-0.2, 0) is 9.53 Å². The van der Waals surface area contributed by atoms with Crippen molar-refractivity contribution in [2.75, 3.05) is 6.61 Å². The molecular formula is C18H16O7. The molecule has 2 aromatic rings. The second-order valence-electron chi connectivity index (χ2n) is 5.54. The van der Waals surface area contributed by atoms with Gasteiger partial charge < -0.3 is 24.4 Å². The predicted molar refractivity (Wildman–Crippen MR) is 86.0 cm³/mol. The molecule has 7 nitrogen and oxygen atoms in total. The fraction of sp³-hybridized carbons (Fsp3) is 0.222. The Morgan fingerprint density at radius 1 is 1.08 bits per heavy atom.